The molecular formula is C9H6FN3O. The molecule has 0 spiro atoms. The van der Waals surface area contributed by atoms with Crippen LogP contribution in [0, 0.1) is 5.82 Å². The van der Waals surface area contributed by atoms with Gasteiger partial charge in [-0.3, -0.25) is 4.79 Å². The van der Waals surface area contributed by atoms with Gasteiger partial charge in [0.1, 0.15) is 17.2 Å². The number of benzene rings is 1. The smallest absolute Gasteiger partial charge is 0.170 e. The summed E-state index contributed by atoms with van der Waals surface area (Å²) >= 11 is 0. The lowest BCUT2D eigenvalue weighted by atomic mass is 10.3. The first-order chi connectivity index (χ1) is 6.83. The van der Waals surface area contributed by atoms with Gasteiger partial charge in [0.25, 0.3) is 0 Å². The lowest BCUT2D eigenvalue weighted by molar-refractivity contribution is 0.111. The average molecular weight is 191 g/mol. The number of carbonyl (C=O) groups excluding carboxylic acids is 1. The number of para-hydroxylation sites is 1. The number of nitrogens with zero attached hydrogens (tertiary/aromatic N) is 3. The molecule has 0 N–H and O–H groups in total. The van der Waals surface area contributed by atoms with Crippen molar-refractivity contribution in [3.63, 3.8) is 0 Å². The van der Waals surface area contributed by atoms with Crippen LogP contribution in [0.4, 0.5) is 4.39 Å². The molecule has 14 heavy (non-hydrogen) atoms. The van der Waals surface area contributed by atoms with Crippen LogP contribution in [0.15, 0.2) is 30.5 Å². The Morgan fingerprint density at radius 3 is 2.86 bits per heavy atom. The molecule has 0 bridgehead atoms. The number of carbonyl (C=O) groups is 1. The predicted octanol–water partition coefficient (Wildman–Crippen LogP) is 1.22. The van der Waals surface area contributed by atoms with Crippen molar-refractivity contribution in [1.82, 2.24) is 15.0 Å². The molecule has 0 fully saturated rings. The lowest BCUT2D eigenvalue weighted by Gasteiger charge is -2.02. The largest absolute Gasteiger partial charge is 0.296 e. The Labute approximate surface area is 79.0 Å². The monoisotopic (exact) mass is 191 g/mol. The van der Waals surface area contributed by atoms with E-state index in [0.717, 1.165) is 4.68 Å². The van der Waals surface area contributed by atoms with Crippen molar-refractivity contribution >= 4 is 6.29 Å². The van der Waals surface area contributed by atoms with Gasteiger partial charge in [-0.1, -0.05) is 17.3 Å². The van der Waals surface area contributed by atoms with E-state index in [4.69, 9.17) is 0 Å². The van der Waals surface area contributed by atoms with E-state index in [2.05, 4.69) is 10.3 Å². The summed E-state index contributed by atoms with van der Waals surface area (Å²) in [5.41, 5.74) is 0.433. The second-order valence-electron chi connectivity index (χ2n) is 2.64. The number of hydrogen-bond acceptors (Lipinski definition) is 3. The summed E-state index contributed by atoms with van der Waals surface area (Å²) in [4.78, 5) is 10.5. The summed E-state index contributed by atoms with van der Waals surface area (Å²) < 4.78 is 14.4. The third-order valence-corrected chi connectivity index (χ3v) is 1.78. The molecule has 2 rings (SSSR count). The molecule has 0 amide bonds. The topological polar surface area (TPSA) is 47.8 Å². The zero-order chi connectivity index (χ0) is 9.97. The van der Waals surface area contributed by atoms with Gasteiger partial charge < -0.3 is 0 Å². The molecule has 1 aromatic heterocycles. The van der Waals surface area contributed by atoms with E-state index in [-0.39, 0.29) is 11.4 Å². The molecule has 0 unspecified atom stereocenters. The van der Waals surface area contributed by atoms with Crippen LogP contribution in [-0.2, 0) is 0 Å². The molecule has 0 saturated heterocycles. The summed E-state index contributed by atoms with van der Waals surface area (Å²) in [6.07, 6.45) is 1.85. The molecule has 0 aliphatic carbocycles. The van der Waals surface area contributed by atoms with E-state index in [1.807, 2.05) is 0 Å². The van der Waals surface area contributed by atoms with Crippen LogP contribution in [0.3, 0.4) is 0 Å². The number of hydrogen-bond donors (Lipinski definition) is 0. The van der Waals surface area contributed by atoms with Crippen LogP contribution in [0.25, 0.3) is 5.69 Å². The summed E-state index contributed by atoms with van der Waals surface area (Å²) in [7, 11) is 0. The first kappa shape index (κ1) is 8.55. The lowest BCUT2D eigenvalue weighted by Crippen LogP contribution is -2.03. The second kappa shape index (κ2) is 3.37. The maximum Gasteiger partial charge on any atom is 0.170 e. The molecular weight excluding hydrogens is 185 g/mol. The Morgan fingerprint density at radius 2 is 2.14 bits per heavy atom. The van der Waals surface area contributed by atoms with Gasteiger partial charge in [0, 0.05) is 0 Å². The van der Waals surface area contributed by atoms with Gasteiger partial charge in [-0.15, -0.1) is 5.10 Å². The Balaban J connectivity index is 2.60. The van der Waals surface area contributed by atoms with E-state index in [9.17, 15) is 9.18 Å². The van der Waals surface area contributed by atoms with Crippen LogP contribution in [-0.4, -0.2) is 21.3 Å². The molecule has 0 radical (unpaired) electrons. The SMILES string of the molecule is O=Cc1cnnn1-c1ccccc1F. The molecule has 2 aromatic rings. The first-order valence-electron chi connectivity index (χ1n) is 3.93. The molecule has 1 aromatic carbocycles. The number of rotatable bonds is 2. The van der Waals surface area contributed by atoms with Crippen LogP contribution in [0.2, 0.25) is 0 Å². The fourth-order valence-electron chi connectivity index (χ4n) is 1.13. The highest BCUT2D eigenvalue weighted by atomic mass is 19.1. The van der Waals surface area contributed by atoms with Crippen LogP contribution in [0.1, 0.15) is 10.5 Å². The van der Waals surface area contributed by atoms with Crippen molar-refractivity contribution in [2.75, 3.05) is 0 Å². The summed E-state index contributed by atoms with van der Waals surface area (Å²) in [5, 5.41) is 7.14. The Hall–Kier alpha value is -2.04. The molecule has 0 atom stereocenters. The summed E-state index contributed by atoms with van der Waals surface area (Å²) in [5.74, 6) is -0.443. The molecule has 4 nitrogen and oxygen atoms in total. The molecule has 0 aliphatic rings. The summed E-state index contributed by atoms with van der Waals surface area (Å²) in [6, 6.07) is 6.05. The van der Waals surface area contributed by atoms with E-state index >= 15 is 0 Å². The molecule has 0 saturated carbocycles. The zero-order valence-electron chi connectivity index (χ0n) is 7.09. The van der Waals surface area contributed by atoms with E-state index in [1.54, 1.807) is 12.1 Å². The number of aldehydes is 1. The third-order valence-electron chi connectivity index (χ3n) is 1.78. The standard InChI is InChI=1S/C9H6FN3O/c10-8-3-1-2-4-9(8)13-7(6-14)5-11-12-13/h1-6H. The predicted molar refractivity (Wildman–Crippen MR) is 46.7 cm³/mol. The number of aromatic nitrogens is 3. The second-order valence-corrected chi connectivity index (χ2v) is 2.64. The zero-order valence-corrected chi connectivity index (χ0v) is 7.09. The maximum absolute atomic E-state index is 13.3. The minimum atomic E-state index is -0.443. The van der Waals surface area contributed by atoms with Crippen molar-refractivity contribution in [2.45, 2.75) is 0 Å². The van der Waals surface area contributed by atoms with Crippen LogP contribution < -0.4 is 0 Å². The molecule has 5 heteroatoms. The Morgan fingerprint density at radius 1 is 1.36 bits per heavy atom. The number of halogens is 1. The highest BCUT2D eigenvalue weighted by molar-refractivity contribution is 5.72. The average Bonchev–Trinajstić information content (AvgIpc) is 2.66. The van der Waals surface area contributed by atoms with Crippen molar-refractivity contribution < 1.29 is 9.18 Å². The van der Waals surface area contributed by atoms with Gasteiger partial charge >= 0.3 is 0 Å². The van der Waals surface area contributed by atoms with Gasteiger partial charge in [-0.25, -0.2) is 9.07 Å². The molecule has 1 heterocycles. The van der Waals surface area contributed by atoms with Crippen molar-refractivity contribution in [3.8, 4) is 5.69 Å². The molecule has 0 aliphatic heterocycles. The van der Waals surface area contributed by atoms with Gasteiger partial charge in [-0.05, 0) is 12.1 Å². The van der Waals surface area contributed by atoms with E-state index in [1.165, 1.54) is 18.3 Å². The minimum absolute atomic E-state index is 0.215. The van der Waals surface area contributed by atoms with Crippen LogP contribution in [0.5, 0.6) is 0 Å². The quantitative estimate of drug-likeness (QED) is 0.670. The van der Waals surface area contributed by atoms with E-state index in [0.29, 0.717) is 6.29 Å². The molecule has 70 valence electrons. The Bertz CT molecular complexity index is 467. The normalized spacial score (nSPS) is 10.1. The fraction of sp³-hybridized carbons (Fsp3) is 0. The van der Waals surface area contributed by atoms with E-state index < -0.39 is 5.82 Å². The fourth-order valence-corrected chi connectivity index (χ4v) is 1.13. The Kier molecular flexibility index (Phi) is 2.06. The maximum atomic E-state index is 13.3. The van der Waals surface area contributed by atoms with Gasteiger partial charge in [0.2, 0.25) is 0 Å². The highest BCUT2D eigenvalue weighted by Crippen LogP contribution is 2.12. The van der Waals surface area contributed by atoms with Crippen molar-refractivity contribution in [2.24, 2.45) is 0 Å². The third kappa shape index (κ3) is 1.28. The highest BCUT2D eigenvalue weighted by Gasteiger charge is 2.08. The first-order valence-corrected chi connectivity index (χ1v) is 3.93. The van der Waals surface area contributed by atoms with Crippen LogP contribution >= 0.6 is 0 Å². The van der Waals surface area contributed by atoms with Gasteiger partial charge in [-0.2, -0.15) is 0 Å². The van der Waals surface area contributed by atoms with Crippen molar-refractivity contribution in [1.29, 1.82) is 0 Å². The summed E-state index contributed by atoms with van der Waals surface area (Å²) in [6.45, 7) is 0. The van der Waals surface area contributed by atoms with Crippen molar-refractivity contribution in [3.05, 3.63) is 42.0 Å². The van der Waals surface area contributed by atoms with Gasteiger partial charge in [0.05, 0.1) is 6.20 Å². The van der Waals surface area contributed by atoms with Gasteiger partial charge in [0.15, 0.2) is 6.29 Å². The minimum Gasteiger partial charge on any atom is -0.296 e.